The number of rotatable bonds is 4. The molecule has 0 spiro atoms. The van der Waals surface area contributed by atoms with Crippen molar-refractivity contribution >= 4 is 27.6 Å². The summed E-state index contributed by atoms with van der Waals surface area (Å²) in [5.74, 6) is 0.779. The second-order valence-corrected chi connectivity index (χ2v) is 10.8. The van der Waals surface area contributed by atoms with Gasteiger partial charge in [0, 0.05) is 16.3 Å². The summed E-state index contributed by atoms with van der Waals surface area (Å²) in [6.07, 6.45) is 6.47. The molecule has 2 heterocycles. The van der Waals surface area contributed by atoms with E-state index in [1.54, 1.807) is 17.7 Å². The average molecular weight is 434 g/mol. The molecule has 0 unspecified atom stereocenters. The molecule has 1 fully saturated rings. The molecule has 8 heteroatoms. The lowest BCUT2D eigenvalue weighted by Gasteiger charge is -2.38. The Kier molecular flexibility index (Phi) is 5.66. The van der Waals surface area contributed by atoms with Gasteiger partial charge in [-0.2, -0.15) is 0 Å². The molecular weight excluding hydrogens is 402 g/mol. The molecule has 0 bridgehead atoms. The fourth-order valence-corrected chi connectivity index (χ4v) is 5.72. The van der Waals surface area contributed by atoms with Gasteiger partial charge in [0.25, 0.3) is 0 Å². The van der Waals surface area contributed by atoms with E-state index in [4.69, 9.17) is 9.47 Å². The van der Waals surface area contributed by atoms with Crippen molar-refractivity contribution < 1.29 is 19.4 Å². The number of carbonyl (C=O) groups excluding carboxylic acids is 1. The minimum Gasteiger partial charge on any atom is -0.474 e. The van der Waals surface area contributed by atoms with Crippen LogP contribution in [0.25, 0.3) is 10.2 Å². The maximum absolute atomic E-state index is 12.2. The van der Waals surface area contributed by atoms with E-state index in [0.717, 1.165) is 48.7 Å². The molecule has 0 saturated heterocycles. The summed E-state index contributed by atoms with van der Waals surface area (Å²) < 4.78 is 11.8. The van der Waals surface area contributed by atoms with Crippen molar-refractivity contribution in [2.75, 3.05) is 6.61 Å². The fourth-order valence-electron chi connectivity index (χ4n) is 4.49. The highest BCUT2D eigenvalue weighted by atomic mass is 32.1. The Hall–Kier alpha value is -1.93. The Labute approximate surface area is 181 Å². The monoisotopic (exact) mass is 433 g/mol. The molecule has 30 heavy (non-hydrogen) atoms. The first kappa shape index (κ1) is 21.3. The molecule has 1 atom stereocenters. The van der Waals surface area contributed by atoms with Crippen molar-refractivity contribution in [2.45, 2.75) is 89.4 Å². The van der Waals surface area contributed by atoms with Crippen molar-refractivity contribution in [1.29, 1.82) is 0 Å². The molecule has 2 aromatic heterocycles. The molecule has 0 radical (unpaired) electrons. The maximum Gasteiger partial charge on any atom is 0.408 e. The van der Waals surface area contributed by atoms with E-state index in [1.165, 1.54) is 10.4 Å². The zero-order valence-corrected chi connectivity index (χ0v) is 19.0. The van der Waals surface area contributed by atoms with Crippen molar-refractivity contribution in [3.63, 3.8) is 0 Å². The highest BCUT2D eigenvalue weighted by Gasteiger charge is 2.36. The standard InChI is InChI=1S/C22H31N3O4S/c1-21(2,3)29-20(27)25-22(4)9-7-14(8-10-22)28-18-17-16-13(11-26)5-6-15(16)30-19(17)24-12-23-18/h12-14,26H,5-11H2,1-4H3,(H,25,27)/t13-,14-,22-/m1/s1. The van der Waals surface area contributed by atoms with Gasteiger partial charge in [-0.05, 0) is 71.8 Å². The van der Waals surface area contributed by atoms with Crippen LogP contribution in [0.4, 0.5) is 4.79 Å². The number of aryl methyl sites for hydroxylation is 1. The first-order valence-corrected chi connectivity index (χ1v) is 11.5. The fraction of sp³-hybridized carbons (Fsp3) is 0.682. The largest absolute Gasteiger partial charge is 0.474 e. The van der Waals surface area contributed by atoms with E-state index >= 15 is 0 Å². The van der Waals surface area contributed by atoms with Crippen LogP contribution >= 0.6 is 11.3 Å². The molecule has 0 aromatic carbocycles. The number of ether oxygens (including phenoxy) is 2. The summed E-state index contributed by atoms with van der Waals surface area (Å²) >= 11 is 1.69. The number of alkyl carbamates (subject to hydrolysis) is 1. The Balaban J connectivity index is 1.44. The average Bonchev–Trinajstić information content (AvgIpc) is 3.21. The molecule has 0 aliphatic heterocycles. The predicted molar refractivity (Wildman–Crippen MR) is 116 cm³/mol. The minimum absolute atomic E-state index is 0.0427. The Bertz CT molecular complexity index is 928. The van der Waals surface area contributed by atoms with Crippen molar-refractivity contribution in [2.24, 2.45) is 0 Å². The molecule has 2 N–H and O–H groups in total. The van der Waals surface area contributed by atoms with Gasteiger partial charge in [-0.3, -0.25) is 0 Å². The normalized spacial score (nSPS) is 26.4. The third-order valence-electron chi connectivity index (χ3n) is 6.03. The number of aliphatic hydroxyl groups excluding tert-OH is 1. The number of thiophene rings is 1. The summed E-state index contributed by atoms with van der Waals surface area (Å²) in [6, 6.07) is 0. The topological polar surface area (TPSA) is 93.6 Å². The van der Waals surface area contributed by atoms with Crippen LogP contribution in [0.3, 0.4) is 0 Å². The van der Waals surface area contributed by atoms with Crippen molar-refractivity contribution in [3.8, 4) is 5.88 Å². The molecule has 7 nitrogen and oxygen atoms in total. The number of aromatic nitrogens is 2. The smallest absolute Gasteiger partial charge is 0.408 e. The van der Waals surface area contributed by atoms with E-state index in [2.05, 4.69) is 22.2 Å². The highest BCUT2D eigenvalue weighted by Crippen LogP contribution is 2.46. The number of nitrogens with zero attached hydrogens (tertiary/aromatic N) is 2. The third-order valence-corrected chi connectivity index (χ3v) is 7.21. The number of carbonyl (C=O) groups is 1. The lowest BCUT2D eigenvalue weighted by molar-refractivity contribution is 0.0385. The first-order valence-electron chi connectivity index (χ1n) is 10.7. The zero-order valence-electron chi connectivity index (χ0n) is 18.2. The van der Waals surface area contributed by atoms with Crippen LogP contribution in [0.5, 0.6) is 5.88 Å². The van der Waals surface area contributed by atoms with E-state index in [1.807, 2.05) is 20.8 Å². The quantitative estimate of drug-likeness (QED) is 0.746. The van der Waals surface area contributed by atoms with Gasteiger partial charge in [0.05, 0.1) is 12.0 Å². The van der Waals surface area contributed by atoms with Crippen LogP contribution in [-0.4, -0.2) is 45.0 Å². The van der Waals surface area contributed by atoms with E-state index in [-0.39, 0.29) is 30.3 Å². The molecule has 1 saturated carbocycles. The second-order valence-electron chi connectivity index (χ2n) is 9.72. The Morgan fingerprint density at radius 3 is 2.70 bits per heavy atom. The summed E-state index contributed by atoms with van der Waals surface area (Å²) in [4.78, 5) is 23.3. The van der Waals surface area contributed by atoms with E-state index in [0.29, 0.717) is 5.88 Å². The van der Waals surface area contributed by atoms with Gasteiger partial charge in [-0.1, -0.05) is 0 Å². The van der Waals surface area contributed by atoms with Gasteiger partial charge in [-0.25, -0.2) is 14.8 Å². The summed E-state index contributed by atoms with van der Waals surface area (Å²) in [5.41, 5.74) is 0.376. The summed E-state index contributed by atoms with van der Waals surface area (Å²) in [5, 5.41) is 13.8. The summed E-state index contributed by atoms with van der Waals surface area (Å²) in [6.45, 7) is 7.80. The molecule has 1 amide bonds. The molecule has 2 aliphatic rings. The molecule has 164 valence electrons. The SMILES string of the molecule is CC(C)(C)OC(=O)N[C@]1(C)CC[C@@H](Oc2ncnc3sc4c(c23)[C@@H](CO)CC4)CC1. The van der Waals surface area contributed by atoms with Gasteiger partial charge in [0.2, 0.25) is 5.88 Å². The van der Waals surface area contributed by atoms with E-state index < -0.39 is 5.60 Å². The van der Waals surface area contributed by atoms with Crippen molar-refractivity contribution in [3.05, 3.63) is 16.8 Å². The molecule has 2 aromatic rings. The molecule has 2 aliphatic carbocycles. The van der Waals surface area contributed by atoms with Crippen LogP contribution in [0, 0.1) is 0 Å². The van der Waals surface area contributed by atoms with Crippen molar-refractivity contribution in [1.82, 2.24) is 15.3 Å². The zero-order chi connectivity index (χ0) is 21.5. The lowest BCUT2D eigenvalue weighted by atomic mass is 9.82. The second kappa shape index (κ2) is 7.96. The third kappa shape index (κ3) is 4.39. The minimum atomic E-state index is -0.508. The molecular formula is C22H31N3O4S. The number of fused-ring (bicyclic) bond motifs is 3. The Morgan fingerprint density at radius 2 is 2.03 bits per heavy atom. The van der Waals surface area contributed by atoms with Crippen LogP contribution in [0.2, 0.25) is 0 Å². The number of nitrogens with one attached hydrogen (secondary N) is 1. The first-order chi connectivity index (χ1) is 14.2. The van der Waals surface area contributed by atoms with Gasteiger partial charge in [0.1, 0.15) is 22.9 Å². The molecule has 4 rings (SSSR count). The summed E-state index contributed by atoms with van der Waals surface area (Å²) in [7, 11) is 0. The Morgan fingerprint density at radius 1 is 1.30 bits per heavy atom. The lowest BCUT2D eigenvalue weighted by Crippen LogP contribution is -2.51. The van der Waals surface area contributed by atoms with Gasteiger partial charge in [0.15, 0.2) is 0 Å². The van der Waals surface area contributed by atoms with Crippen LogP contribution in [0.1, 0.15) is 76.2 Å². The van der Waals surface area contributed by atoms with E-state index in [9.17, 15) is 9.90 Å². The maximum atomic E-state index is 12.2. The highest BCUT2D eigenvalue weighted by molar-refractivity contribution is 7.19. The number of hydrogen-bond acceptors (Lipinski definition) is 7. The van der Waals surface area contributed by atoms with Gasteiger partial charge in [-0.15, -0.1) is 11.3 Å². The van der Waals surface area contributed by atoms with Crippen LogP contribution in [0.15, 0.2) is 6.33 Å². The number of hydrogen-bond donors (Lipinski definition) is 2. The van der Waals surface area contributed by atoms with Crippen LogP contribution in [-0.2, 0) is 11.2 Å². The van der Waals surface area contributed by atoms with Gasteiger partial charge >= 0.3 is 6.09 Å². The number of aliphatic hydroxyl groups is 1. The number of amides is 1. The predicted octanol–water partition coefficient (Wildman–Crippen LogP) is 4.32. The van der Waals surface area contributed by atoms with Crippen LogP contribution < -0.4 is 10.1 Å². The van der Waals surface area contributed by atoms with Gasteiger partial charge < -0.3 is 19.9 Å².